The molecule has 0 aliphatic carbocycles. The van der Waals surface area contributed by atoms with E-state index in [0.29, 0.717) is 37.7 Å². The summed E-state index contributed by atoms with van der Waals surface area (Å²) >= 11 is 0. The van der Waals surface area contributed by atoms with Crippen LogP contribution in [0.2, 0.25) is 0 Å². The van der Waals surface area contributed by atoms with E-state index in [0.717, 1.165) is 39.0 Å². The average Bonchev–Trinajstić information content (AvgIpc) is 2.68. The smallest absolute Gasteiger partial charge is 0.404 e. The van der Waals surface area contributed by atoms with Crippen LogP contribution in [-0.4, -0.2) is 81.2 Å². The zero-order valence-corrected chi connectivity index (χ0v) is 17.9. The number of benzene rings is 1. The standard InChI is InChI=1S/C20H30N4O5S/c21-20(25)29-17-6-10-24(11-7-17)30(26,27)19-3-1-2-18(12-19)28-16-4-8-23(9-5-16)15-13-22-14-15/h1-3,12,15-17,22H,4-11,13-14H2,(H2,21,25). The molecule has 3 aliphatic rings. The Bertz CT molecular complexity index is 845. The quantitative estimate of drug-likeness (QED) is 0.674. The van der Waals surface area contributed by atoms with E-state index in [1.807, 2.05) is 6.07 Å². The van der Waals surface area contributed by atoms with Crippen molar-refractivity contribution in [1.29, 1.82) is 0 Å². The van der Waals surface area contributed by atoms with Crippen LogP contribution in [0.25, 0.3) is 0 Å². The lowest BCUT2D eigenvalue weighted by atomic mass is 10.0. The lowest BCUT2D eigenvalue weighted by Gasteiger charge is -2.42. The van der Waals surface area contributed by atoms with Crippen molar-refractivity contribution < 1.29 is 22.7 Å². The predicted octanol–water partition coefficient (Wildman–Crippen LogP) is 0.750. The molecule has 10 heteroatoms. The summed E-state index contributed by atoms with van der Waals surface area (Å²) in [5.41, 5.74) is 5.05. The summed E-state index contributed by atoms with van der Waals surface area (Å²) in [4.78, 5) is 13.6. The highest BCUT2D eigenvalue weighted by atomic mass is 32.2. The summed E-state index contributed by atoms with van der Waals surface area (Å²) in [6, 6.07) is 7.40. The van der Waals surface area contributed by atoms with Crippen LogP contribution in [0.5, 0.6) is 5.75 Å². The van der Waals surface area contributed by atoms with Crippen molar-refractivity contribution in [1.82, 2.24) is 14.5 Å². The Hall–Kier alpha value is -1.88. The van der Waals surface area contributed by atoms with Crippen LogP contribution >= 0.6 is 0 Å². The number of nitrogens with two attached hydrogens (primary N) is 1. The number of likely N-dealkylation sites (tertiary alicyclic amines) is 1. The third-order valence-corrected chi connectivity index (χ3v) is 8.08. The fourth-order valence-electron chi connectivity index (χ4n) is 4.29. The highest BCUT2D eigenvalue weighted by molar-refractivity contribution is 7.89. The van der Waals surface area contributed by atoms with E-state index in [1.165, 1.54) is 4.31 Å². The molecule has 3 fully saturated rings. The maximum Gasteiger partial charge on any atom is 0.404 e. The van der Waals surface area contributed by atoms with Crippen molar-refractivity contribution >= 4 is 16.1 Å². The lowest BCUT2D eigenvalue weighted by molar-refractivity contribution is 0.0581. The van der Waals surface area contributed by atoms with E-state index in [4.69, 9.17) is 15.2 Å². The van der Waals surface area contributed by atoms with Gasteiger partial charge < -0.3 is 20.5 Å². The number of primary amides is 1. The molecule has 3 aliphatic heterocycles. The zero-order chi connectivity index (χ0) is 21.1. The van der Waals surface area contributed by atoms with Crippen molar-refractivity contribution in [3.63, 3.8) is 0 Å². The second-order valence-electron chi connectivity index (χ2n) is 8.18. The number of hydrogen-bond donors (Lipinski definition) is 2. The van der Waals surface area contributed by atoms with Gasteiger partial charge in [-0.1, -0.05) is 6.07 Å². The van der Waals surface area contributed by atoms with E-state index >= 15 is 0 Å². The number of sulfonamides is 1. The van der Waals surface area contributed by atoms with Gasteiger partial charge >= 0.3 is 6.09 Å². The molecule has 1 amide bonds. The Morgan fingerprint density at radius 2 is 1.70 bits per heavy atom. The van der Waals surface area contributed by atoms with E-state index in [2.05, 4.69) is 10.2 Å². The first-order chi connectivity index (χ1) is 14.4. The van der Waals surface area contributed by atoms with Gasteiger partial charge in [0.1, 0.15) is 18.0 Å². The minimum atomic E-state index is -3.63. The molecule has 30 heavy (non-hydrogen) atoms. The van der Waals surface area contributed by atoms with Gasteiger partial charge in [-0.2, -0.15) is 4.31 Å². The minimum Gasteiger partial charge on any atom is -0.490 e. The fourth-order valence-corrected chi connectivity index (χ4v) is 5.80. The van der Waals surface area contributed by atoms with Crippen LogP contribution in [0, 0.1) is 0 Å². The fraction of sp³-hybridized carbons (Fsp3) is 0.650. The average molecular weight is 439 g/mol. The van der Waals surface area contributed by atoms with Gasteiger partial charge in [-0.05, 0) is 37.8 Å². The number of nitrogens with one attached hydrogen (secondary N) is 1. The van der Waals surface area contributed by atoms with Gasteiger partial charge in [-0.15, -0.1) is 0 Å². The molecular weight excluding hydrogens is 408 g/mol. The summed E-state index contributed by atoms with van der Waals surface area (Å²) in [6.07, 6.45) is 1.72. The summed E-state index contributed by atoms with van der Waals surface area (Å²) in [6.45, 7) is 4.74. The number of amides is 1. The molecule has 1 aromatic rings. The number of hydrogen-bond acceptors (Lipinski definition) is 7. The Labute approximate surface area is 177 Å². The Morgan fingerprint density at radius 1 is 1.03 bits per heavy atom. The molecule has 0 bridgehead atoms. The second kappa shape index (κ2) is 9.09. The van der Waals surface area contributed by atoms with Crippen molar-refractivity contribution in [2.45, 2.75) is 48.8 Å². The summed E-state index contributed by atoms with van der Waals surface area (Å²) in [5, 5.41) is 3.31. The molecule has 3 heterocycles. The topological polar surface area (TPSA) is 114 Å². The molecule has 9 nitrogen and oxygen atoms in total. The second-order valence-corrected chi connectivity index (χ2v) is 10.1. The Morgan fingerprint density at radius 3 is 2.30 bits per heavy atom. The normalized spacial score (nSPS) is 23.1. The number of ether oxygens (including phenoxy) is 2. The molecule has 0 atom stereocenters. The predicted molar refractivity (Wildman–Crippen MR) is 111 cm³/mol. The molecule has 0 aromatic heterocycles. The first-order valence-electron chi connectivity index (χ1n) is 10.6. The Balaban J connectivity index is 1.34. The maximum atomic E-state index is 13.0. The third kappa shape index (κ3) is 4.88. The SMILES string of the molecule is NC(=O)OC1CCN(S(=O)(=O)c2cccc(OC3CCN(C4CNC4)CC3)c2)CC1. The van der Waals surface area contributed by atoms with E-state index in [1.54, 1.807) is 18.2 Å². The molecule has 0 spiro atoms. The van der Waals surface area contributed by atoms with Gasteiger partial charge in [0.2, 0.25) is 10.0 Å². The largest absolute Gasteiger partial charge is 0.490 e. The van der Waals surface area contributed by atoms with Crippen LogP contribution in [0.3, 0.4) is 0 Å². The van der Waals surface area contributed by atoms with Crippen molar-refractivity contribution in [2.24, 2.45) is 5.73 Å². The van der Waals surface area contributed by atoms with Crippen molar-refractivity contribution in [3.8, 4) is 5.75 Å². The summed E-state index contributed by atoms with van der Waals surface area (Å²) in [5.74, 6) is 0.590. The van der Waals surface area contributed by atoms with E-state index in [-0.39, 0.29) is 17.1 Å². The van der Waals surface area contributed by atoms with Gasteiger partial charge in [0.25, 0.3) is 0 Å². The highest BCUT2D eigenvalue weighted by Gasteiger charge is 2.32. The van der Waals surface area contributed by atoms with Gasteiger partial charge in [0, 0.05) is 51.4 Å². The van der Waals surface area contributed by atoms with Crippen LogP contribution < -0.4 is 15.8 Å². The van der Waals surface area contributed by atoms with Crippen LogP contribution in [0.1, 0.15) is 25.7 Å². The molecule has 0 radical (unpaired) electrons. The van der Waals surface area contributed by atoms with Crippen molar-refractivity contribution in [3.05, 3.63) is 24.3 Å². The number of carbonyl (C=O) groups excluding carboxylic acids is 1. The van der Waals surface area contributed by atoms with Gasteiger partial charge in [0.05, 0.1) is 4.90 Å². The first kappa shape index (κ1) is 21.4. The molecule has 0 unspecified atom stereocenters. The molecule has 3 saturated heterocycles. The minimum absolute atomic E-state index is 0.105. The van der Waals surface area contributed by atoms with Crippen LogP contribution in [0.4, 0.5) is 4.79 Å². The zero-order valence-electron chi connectivity index (χ0n) is 17.0. The van der Waals surface area contributed by atoms with Gasteiger partial charge in [-0.3, -0.25) is 4.90 Å². The number of carbonyl (C=O) groups is 1. The summed E-state index contributed by atoms with van der Waals surface area (Å²) < 4.78 is 38.6. The maximum absolute atomic E-state index is 13.0. The number of piperidine rings is 2. The van der Waals surface area contributed by atoms with Crippen LogP contribution in [0.15, 0.2) is 29.2 Å². The van der Waals surface area contributed by atoms with E-state index < -0.39 is 16.1 Å². The first-order valence-corrected chi connectivity index (χ1v) is 12.0. The molecule has 3 N–H and O–H groups in total. The molecule has 0 saturated carbocycles. The molecule has 4 rings (SSSR count). The number of nitrogens with zero attached hydrogens (tertiary/aromatic N) is 2. The molecular formula is C20H30N4O5S. The molecule has 166 valence electrons. The monoisotopic (exact) mass is 438 g/mol. The third-order valence-electron chi connectivity index (χ3n) is 6.18. The van der Waals surface area contributed by atoms with Gasteiger partial charge in [0.15, 0.2) is 0 Å². The summed E-state index contributed by atoms with van der Waals surface area (Å²) in [7, 11) is -3.63. The van der Waals surface area contributed by atoms with Crippen LogP contribution in [-0.2, 0) is 14.8 Å². The Kier molecular flexibility index (Phi) is 6.47. The van der Waals surface area contributed by atoms with Crippen molar-refractivity contribution in [2.75, 3.05) is 39.3 Å². The highest BCUT2D eigenvalue weighted by Crippen LogP contribution is 2.27. The van der Waals surface area contributed by atoms with Gasteiger partial charge in [-0.25, -0.2) is 13.2 Å². The molecule has 1 aromatic carbocycles. The number of rotatable bonds is 6. The lowest BCUT2D eigenvalue weighted by Crippen LogP contribution is -2.59. The van der Waals surface area contributed by atoms with E-state index in [9.17, 15) is 13.2 Å².